The second-order valence-electron chi connectivity index (χ2n) is 7.32. The molecule has 2 aromatic heterocycles. The zero-order valence-corrected chi connectivity index (χ0v) is 17.5. The Labute approximate surface area is 179 Å². The zero-order chi connectivity index (χ0) is 20.6. The first-order valence-corrected chi connectivity index (χ1v) is 11.2. The minimum absolute atomic E-state index is 0.318. The molecular weight excluding hydrogens is 405 g/mol. The minimum Gasteiger partial charge on any atom is -0.399 e. The summed E-state index contributed by atoms with van der Waals surface area (Å²) < 4.78 is 18.7. The summed E-state index contributed by atoms with van der Waals surface area (Å²) in [7, 11) is -1.65. The number of rotatable bonds is 3. The molecule has 0 unspecified atom stereocenters. The topological polar surface area (TPSA) is 48.4 Å². The van der Waals surface area contributed by atoms with Gasteiger partial charge in [-0.1, -0.05) is 66.7 Å². The maximum Gasteiger partial charge on any atom is 0.387 e. The van der Waals surface area contributed by atoms with Crippen LogP contribution in [-0.2, 0) is 6.61 Å². The Morgan fingerprint density at radius 3 is 1.81 bits per heavy atom. The fraction of sp³-hybridized carbons (Fsp3) is 0.0385. The SMILES string of the molecule is c1ccc(COp2oc3ccc4ccccc4c3c3c(ccc4ccccc43)o2)nc1. The van der Waals surface area contributed by atoms with Crippen molar-refractivity contribution >= 4 is 51.7 Å². The molecule has 31 heavy (non-hydrogen) atoms. The van der Waals surface area contributed by atoms with Gasteiger partial charge in [0.2, 0.25) is 0 Å². The second kappa shape index (κ2) is 7.59. The van der Waals surface area contributed by atoms with Gasteiger partial charge < -0.3 is 8.39 Å². The highest BCUT2D eigenvalue weighted by Gasteiger charge is 2.13. The van der Waals surface area contributed by atoms with E-state index < -0.39 is 8.24 Å². The molecule has 0 amide bonds. The highest BCUT2D eigenvalue weighted by atomic mass is 31.1. The van der Waals surface area contributed by atoms with Gasteiger partial charge in [0.15, 0.2) is 0 Å². The molecule has 4 nitrogen and oxygen atoms in total. The average Bonchev–Trinajstić information content (AvgIpc) is 3.00. The van der Waals surface area contributed by atoms with Gasteiger partial charge in [-0.05, 0) is 45.8 Å². The van der Waals surface area contributed by atoms with Crippen molar-refractivity contribution < 1.29 is 12.9 Å². The molecule has 0 N–H and O–H groups in total. The van der Waals surface area contributed by atoms with E-state index in [1.54, 1.807) is 6.20 Å². The third-order valence-corrected chi connectivity index (χ3v) is 6.45. The number of hydrogen-bond donors (Lipinski definition) is 0. The van der Waals surface area contributed by atoms with E-state index in [-0.39, 0.29) is 0 Å². The largest absolute Gasteiger partial charge is 0.399 e. The van der Waals surface area contributed by atoms with Crippen LogP contribution in [-0.4, -0.2) is 4.98 Å². The zero-order valence-electron chi connectivity index (χ0n) is 16.6. The molecular formula is C26H18NO3P. The lowest BCUT2D eigenvalue weighted by molar-refractivity contribution is 0.359. The number of pyridine rings is 1. The second-order valence-corrected chi connectivity index (χ2v) is 8.39. The number of fused-ring (bicyclic) bond motifs is 7. The van der Waals surface area contributed by atoms with E-state index in [2.05, 4.69) is 65.6 Å². The van der Waals surface area contributed by atoms with Gasteiger partial charge in [0, 0.05) is 17.0 Å². The number of nitrogens with zero attached hydrogens (tertiary/aromatic N) is 1. The fourth-order valence-corrected chi connectivity index (χ4v) is 5.01. The smallest absolute Gasteiger partial charge is 0.387 e. The van der Waals surface area contributed by atoms with Gasteiger partial charge in [-0.3, -0.25) is 9.51 Å². The van der Waals surface area contributed by atoms with E-state index in [4.69, 9.17) is 12.9 Å². The molecule has 0 saturated heterocycles. The lowest BCUT2D eigenvalue weighted by atomic mass is 9.99. The molecule has 0 radical (unpaired) electrons. The van der Waals surface area contributed by atoms with Crippen LogP contribution >= 0.6 is 8.24 Å². The van der Waals surface area contributed by atoms with Crippen LogP contribution in [0.2, 0.25) is 0 Å². The molecule has 0 atom stereocenters. The van der Waals surface area contributed by atoms with Crippen LogP contribution in [0.25, 0.3) is 43.5 Å². The molecule has 6 aromatic rings. The van der Waals surface area contributed by atoms with Gasteiger partial charge in [-0.15, -0.1) is 0 Å². The summed E-state index contributed by atoms with van der Waals surface area (Å²) in [5.74, 6) is 0. The van der Waals surface area contributed by atoms with Crippen LogP contribution < -0.4 is 4.52 Å². The predicted molar refractivity (Wildman–Crippen MR) is 126 cm³/mol. The Balaban J connectivity index is 1.70. The minimum atomic E-state index is -1.65. The van der Waals surface area contributed by atoms with Crippen LogP contribution in [0.3, 0.4) is 0 Å². The molecule has 150 valence electrons. The van der Waals surface area contributed by atoms with Crippen molar-refractivity contribution in [2.24, 2.45) is 0 Å². The van der Waals surface area contributed by atoms with Gasteiger partial charge >= 0.3 is 8.24 Å². The van der Waals surface area contributed by atoms with Crippen LogP contribution in [0.4, 0.5) is 0 Å². The van der Waals surface area contributed by atoms with E-state index in [0.717, 1.165) is 49.2 Å². The summed E-state index contributed by atoms with van der Waals surface area (Å²) in [6.07, 6.45) is 1.75. The van der Waals surface area contributed by atoms with Crippen molar-refractivity contribution in [2.75, 3.05) is 0 Å². The Morgan fingerprint density at radius 2 is 1.23 bits per heavy atom. The van der Waals surface area contributed by atoms with Gasteiger partial charge in [-0.2, -0.15) is 0 Å². The molecule has 2 heterocycles. The van der Waals surface area contributed by atoms with Crippen LogP contribution in [0.1, 0.15) is 5.69 Å². The maximum atomic E-state index is 6.31. The summed E-state index contributed by atoms with van der Waals surface area (Å²) in [4.78, 5) is 4.33. The van der Waals surface area contributed by atoms with Crippen molar-refractivity contribution in [1.29, 1.82) is 0 Å². The van der Waals surface area contributed by atoms with Crippen molar-refractivity contribution in [1.82, 2.24) is 4.98 Å². The molecule has 0 aliphatic carbocycles. The molecule has 4 aromatic carbocycles. The summed E-state index contributed by atoms with van der Waals surface area (Å²) in [6, 6.07) is 30.6. The first kappa shape index (κ1) is 18.2. The molecule has 0 aliphatic heterocycles. The Morgan fingerprint density at radius 1 is 0.645 bits per heavy atom. The normalized spacial score (nSPS) is 11.5. The molecule has 0 bridgehead atoms. The van der Waals surface area contributed by atoms with Crippen LogP contribution in [0.15, 0.2) is 106 Å². The number of hydrogen-bond acceptors (Lipinski definition) is 4. The third kappa shape index (κ3) is 3.27. The van der Waals surface area contributed by atoms with Gasteiger partial charge in [0.1, 0.15) is 17.8 Å². The highest BCUT2D eigenvalue weighted by molar-refractivity contribution is 7.31. The molecule has 0 spiro atoms. The van der Waals surface area contributed by atoms with E-state index in [0.29, 0.717) is 6.61 Å². The monoisotopic (exact) mass is 423 g/mol. The lowest BCUT2D eigenvalue weighted by Gasteiger charge is -2.05. The Bertz CT molecular complexity index is 1490. The molecule has 5 heteroatoms. The highest BCUT2D eigenvalue weighted by Crippen LogP contribution is 2.40. The predicted octanol–water partition coefficient (Wildman–Crippen LogP) is 7.62. The van der Waals surface area contributed by atoms with Crippen molar-refractivity contribution in [3.8, 4) is 0 Å². The maximum absolute atomic E-state index is 6.31. The summed E-state index contributed by atoms with van der Waals surface area (Å²) in [6.45, 7) is 0.318. The third-order valence-electron chi connectivity index (χ3n) is 5.42. The van der Waals surface area contributed by atoms with Crippen molar-refractivity contribution in [3.05, 3.63) is 103 Å². The van der Waals surface area contributed by atoms with Gasteiger partial charge in [0.05, 0.1) is 5.69 Å². The average molecular weight is 423 g/mol. The van der Waals surface area contributed by atoms with Crippen LogP contribution in [0, 0.1) is 0 Å². The summed E-state index contributed by atoms with van der Waals surface area (Å²) in [5.41, 5.74) is 2.36. The number of aromatic nitrogens is 1. The van der Waals surface area contributed by atoms with Crippen molar-refractivity contribution in [2.45, 2.75) is 6.61 Å². The van der Waals surface area contributed by atoms with Crippen molar-refractivity contribution in [3.63, 3.8) is 0 Å². The molecule has 0 saturated carbocycles. The molecule has 0 aliphatic rings. The first-order chi connectivity index (χ1) is 15.4. The summed E-state index contributed by atoms with van der Waals surface area (Å²) >= 11 is 0. The van der Waals surface area contributed by atoms with E-state index in [1.807, 2.05) is 30.3 Å². The van der Waals surface area contributed by atoms with Gasteiger partial charge in [0.25, 0.3) is 0 Å². The fourth-order valence-electron chi connectivity index (χ4n) is 4.01. The first-order valence-electron chi connectivity index (χ1n) is 10.1. The van der Waals surface area contributed by atoms with Crippen LogP contribution in [0.5, 0.6) is 0 Å². The summed E-state index contributed by atoms with van der Waals surface area (Å²) in [5, 5.41) is 6.65. The lowest BCUT2D eigenvalue weighted by Crippen LogP contribution is -1.94. The quantitative estimate of drug-likeness (QED) is 0.294. The van der Waals surface area contributed by atoms with E-state index >= 15 is 0 Å². The van der Waals surface area contributed by atoms with Gasteiger partial charge in [-0.25, -0.2) is 0 Å². The molecule has 6 rings (SSSR count). The standard InChI is InChI=1S/C26H18NO3P/c1-3-10-21-18(7-1)12-14-23-25(21)26-22-11-4-2-8-19(22)13-15-24(26)30-31(29-23)28-17-20-9-5-6-16-27-20/h1-16H,17H2. The van der Waals surface area contributed by atoms with E-state index in [9.17, 15) is 0 Å². The van der Waals surface area contributed by atoms with E-state index in [1.165, 1.54) is 0 Å². The molecule has 0 fully saturated rings. The Hall–Kier alpha value is -3.59. The number of benzene rings is 4. The Kier molecular flexibility index (Phi) is 4.45.